The average molecular weight is 362 g/mol. The number of aliphatic hydroxyl groups excluding tert-OH is 1. The quantitative estimate of drug-likeness (QED) is 0.592. The SMILES string of the molecule is COC(C)(C)CCOc1c(C(C)O)cc(Br)cc1[N+](=O)[O-]. The molecular formula is C14H20BrNO5. The Morgan fingerprint density at radius 3 is 2.57 bits per heavy atom. The first-order valence-corrected chi connectivity index (χ1v) is 7.31. The summed E-state index contributed by atoms with van der Waals surface area (Å²) in [5.41, 5.74) is -0.170. The van der Waals surface area contributed by atoms with Crippen LogP contribution in [0.1, 0.15) is 38.9 Å². The minimum atomic E-state index is -0.869. The second kappa shape index (κ2) is 7.20. The van der Waals surface area contributed by atoms with Crippen LogP contribution in [0.2, 0.25) is 0 Å². The van der Waals surface area contributed by atoms with Crippen molar-refractivity contribution in [2.24, 2.45) is 0 Å². The normalized spacial score (nSPS) is 13.0. The number of ether oxygens (including phenoxy) is 2. The van der Waals surface area contributed by atoms with E-state index in [4.69, 9.17) is 9.47 Å². The number of benzene rings is 1. The largest absolute Gasteiger partial charge is 0.486 e. The number of hydrogen-bond donors (Lipinski definition) is 1. The van der Waals surface area contributed by atoms with Crippen LogP contribution in [-0.4, -0.2) is 29.3 Å². The van der Waals surface area contributed by atoms with E-state index in [0.717, 1.165) is 0 Å². The predicted molar refractivity (Wildman–Crippen MR) is 82.6 cm³/mol. The third-order valence-corrected chi connectivity index (χ3v) is 3.67. The van der Waals surface area contributed by atoms with Crippen LogP contribution in [0.25, 0.3) is 0 Å². The molecular weight excluding hydrogens is 342 g/mol. The molecule has 1 N–H and O–H groups in total. The highest BCUT2D eigenvalue weighted by atomic mass is 79.9. The van der Waals surface area contributed by atoms with Crippen LogP contribution in [-0.2, 0) is 4.74 Å². The van der Waals surface area contributed by atoms with Crippen LogP contribution in [0.3, 0.4) is 0 Å². The van der Waals surface area contributed by atoms with Crippen LogP contribution in [0.4, 0.5) is 5.69 Å². The second-order valence-corrected chi connectivity index (χ2v) is 6.25. The molecule has 0 spiro atoms. The zero-order valence-corrected chi connectivity index (χ0v) is 14.1. The Morgan fingerprint density at radius 1 is 1.48 bits per heavy atom. The molecule has 1 atom stereocenters. The Hall–Kier alpha value is -1.18. The van der Waals surface area contributed by atoms with Gasteiger partial charge < -0.3 is 14.6 Å². The van der Waals surface area contributed by atoms with Gasteiger partial charge in [0.1, 0.15) is 0 Å². The Bertz CT molecular complexity index is 516. The summed E-state index contributed by atoms with van der Waals surface area (Å²) in [5.74, 6) is 0.102. The highest BCUT2D eigenvalue weighted by Gasteiger charge is 2.24. The van der Waals surface area contributed by atoms with Gasteiger partial charge in [0.2, 0.25) is 5.75 Å². The Labute approximate surface area is 132 Å². The van der Waals surface area contributed by atoms with Crippen molar-refractivity contribution in [3.8, 4) is 5.75 Å². The van der Waals surface area contributed by atoms with E-state index in [9.17, 15) is 15.2 Å². The van der Waals surface area contributed by atoms with E-state index in [1.807, 2.05) is 13.8 Å². The number of rotatable bonds is 7. The lowest BCUT2D eigenvalue weighted by atomic mass is 10.1. The van der Waals surface area contributed by atoms with E-state index < -0.39 is 11.0 Å². The van der Waals surface area contributed by atoms with Crippen molar-refractivity contribution >= 4 is 21.6 Å². The molecule has 0 aliphatic rings. The molecule has 0 saturated carbocycles. The van der Waals surface area contributed by atoms with Crippen LogP contribution < -0.4 is 4.74 Å². The lowest BCUT2D eigenvalue weighted by Gasteiger charge is -2.23. The molecule has 0 aliphatic heterocycles. The van der Waals surface area contributed by atoms with Gasteiger partial charge in [-0.25, -0.2) is 0 Å². The van der Waals surface area contributed by atoms with Crippen molar-refractivity contribution in [3.63, 3.8) is 0 Å². The van der Waals surface area contributed by atoms with Crippen LogP contribution in [0.5, 0.6) is 5.75 Å². The third-order valence-electron chi connectivity index (χ3n) is 3.21. The van der Waals surface area contributed by atoms with E-state index in [-0.39, 0.29) is 23.6 Å². The van der Waals surface area contributed by atoms with Crippen molar-refractivity contribution in [3.05, 3.63) is 32.3 Å². The first-order valence-electron chi connectivity index (χ1n) is 6.52. The average Bonchev–Trinajstić information content (AvgIpc) is 2.39. The fourth-order valence-electron chi connectivity index (χ4n) is 1.70. The fraction of sp³-hybridized carbons (Fsp3) is 0.571. The van der Waals surface area contributed by atoms with Gasteiger partial charge in [0.25, 0.3) is 0 Å². The lowest BCUT2D eigenvalue weighted by Crippen LogP contribution is -2.25. The summed E-state index contributed by atoms with van der Waals surface area (Å²) in [7, 11) is 1.60. The van der Waals surface area contributed by atoms with Crippen LogP contribution in [0, 0.1) is 10.1 Å². The minimum absolute atomic E-state index is 0.102. The molecule has 0 bridgehead atoms. The number of nitro benzene ring substituents is 1. The first-order chi connectivity index (χ1) is 9.68. The highest BCUT2D eigenvalue weighted by Crippen LogP contribution is 2.38. The minimum Gasteiger partial charge on any atom is -0.486 e. The van der Waals surface area contributed by atoms with Crippen LogP contribution >= 0.6 is 15.9 Å². The Morgan fingerprint density at radius 2 is 2.10 bits per heavy atom. The molecule has 21 heavy (non-hydrogen) atoms. The summed E-state index contributed by atoms with van der Waals surface area (Å²) < 4.78 is 11.4. The number of nitro groups is 1. The number of nitrogens with zero attached hydrogens (tertiary/aromatic N) is 1. The Kier molecular flexibility index (Phi) is 6.12. The molecule has 0 aliphatic carbocycles. The molecule has 6 nitrogen and oxygen atoms in total. The van der Waals surface area contributed by atoms with E-state index in [0.29, 0.717) is 16.5 Å². The van der Waals surface area contributed by atoms with Gasteiger partial charge in [-0.2, -0.15) is 0 Å². The van der Waals surface area contributed by atoms with Gasteiger partial charge in [-0.15, -0.1) is 0 Å². The zero-order chi connectivity index (χ0) is 16.2. The highest BCUT2D eigenvalue weighted by molar-refractivity contribution is 9.10. The first kappa shape index (κ1) is 17.9. The Balaban J connectivity index is 3.06. The molecule has 0 fully saturated rings. The molecule has 0 heterocycles. The molecule has 1 aromatic rings. The molecule has 1 rings (SSSR count). The molecule has 118 valence electrons. The van der Waals surface area contributed by atoms with Gasteiger partial charge in [0, 0.05) is 29.6 Å². The maximum atomic E-state index is 11.2. The van der Waals surface area contributed by atoms with Crippen LogP contribution in [0.15, 0.2) is 16.6 Å². The molecule has 0 amide bonds. The second-order valence-electron chi connectivity index (χ2n) is 5.34. The summed E-state index contributed by atoms with van der Waals surface area (Å²) in [6, 6.07) is 2.98. The topological polar surface area (TPSA) is 81.8 Å². The van der Waals surface area contributed by atoms with Gasteiger partial charge in [0.05, 0.1) is 23.2 Å². The van der Waals surface area contributed by atoms with Gasteiger partial charge in [-0.1, -0.05) is 15.9 Å². The molecule has 0 saturated heterocycles. The molecule has 0 radical (unpaired) electrons. The van der Waals surface area contributed by atoms with Gasteiger partial charge in [-0.3, -0.25) is 10.1 Å². The molecule has 0 aromatic heterocycles. The number of aliphatic hydroxyl groups is 1. The predicted octanol–water partition coefficient (Wildman–Crippen LogP) is 3.60. The summed E-state index contributed by atoms with van der Waals surface area (Å²) in [5, 5.41) is 21.0. The number of halogens is 1. The van der Waals surface area contributed by atoms with Gasteiger partial charge in [-0.05, 0) is 26.8 Å². The summed E-state index contributed by atoms with van der Waals surface area (Å²) in [6.07, 6.45) is -0.303. The number of methoxy groups -OCH3 is 1. The number of hydrogen-bond acceptors (Lipinski definition) is 5. The van der Waals surface area contributed by atoms with Crippen molar-refractivity contribution in [1.82, 2.24) is 0 Å². The summed E-state index contributed by atoms with van der Waals surface area (Å²) >= 11 is 3.20. The van der Waals surface area contributed by atoms with Gasteiger partial charge in [0.15, 0.2) is 0 Å². The summed E-state index contributed by atoms with van der Waals surface area (Å²) in [4.78, 5) is 10.6. The third kappa shape index (κ3) is 4.94. The summed E-state index contributed by atoms with van der Waals surface area (Å²) in [6.45, 7) is 5.60. The van der Waals surface area contributed by atoms with E-state index in [2.05, 4.69) is 15.9 Å². The van der Waals surface area contributed by atoms with E-state index >= 15 is 0 Å². The standard InChI is InChI=1S/C14H20BrNO5/c1-9(17)11-7-10(15)8-12(16(18)19)13(11)21-6-5-14(2,3)20-4/h7-9,17H,5-6H2,1-4H3. The lowest BCUT2D eigenvalue weighted by molar-refractivity contribution is -0.386. The van der Waals surface area contributed by atoms with Crippen molar-refractivity contribution in [2.45, 2.75) is 38.9 Å². The fourth-order valence-corrected chi connectivity index (χ4v) is 2.17. The monoisotopic (exact) mass is 361 g/mol. The van der Waals surface area contributed by atoms with Crippen molar-refractivity contribution in [1.29, 1.82) is 0 Å². The smallest absolute Gasteiger partial charge is 0.312 e. The van der Waals surface area contributed by atoms with E-state index in [1.54, 1.807) is 13.2 Å². The molecule has 1 aromatic carbocycles. The maximum Gasteiger partial charge on any atom is 0.312 e. The zero-order valence-electron chi connectivity index (χ0n) is 12.6. The van der Waals surface area contributed by atoms with E-state index in [1.165, 1.54) is 13.0 Å². The van der Waals surface area contributed by atoms with Crippen molar-refractivity contribution in [2.75, 3.05) is 13.7 Å². The van der Waals surface area contributed by atoms with Gasteiger partial charge >= 0.3 is 5.69 Å². The molecule has 7 heteroatoms. The molecule has 1 unspecified atom stereocenters. The maximum absolute atomic E-state index is 11.2. The van der Waals surface area contributed by atoms with Crippen molar-refractivity contribution < 1.29 is 19.5 Å².